The van der Waals surface area contributed by atoms with Crippen molar-refractivity contribution in [1.82, 2.24) is 5.32 Å². The predicted molar refractivity (Wildman–Crippen MR) is 62.0 cm³/mol. The maximum atomic E-state index is 11.3. The van der Waals surface area contributed by atoms with Gasteiger partial charge in [-0.05, 0) is 19.8 Å². The average molecular weight is 229 g/mol. The van der Waals surface area contributed by atoms with Crippen molar-refractivity contribution in [1.29, 1.82) is 0 Å². The number of ether oxygens (including phenoxy) is 1. The summed E-state index contributed by atoms with van der Waals surface area (Å²) in [7, 11) is 0. The van der Waals surface area contributed by atoms with Gasteiger partial charge >= 0.3 is 6.09 Å². The van der Waals surface area contributed by atoms with E-state index in [-0.39, 0.29) is 6.04 Å². The molecule has 1 saturated carbocycles. The Kier molecular flexibility index (Phi) is 4.59. The van der Waals surface area contributed by atoms with Crippen LogP contribution >= 0.6 is 0 Å². The van der Waals surface area contributed by atoms with Gasteiger partial charge in [0, 0.05) is 19.4 Å². The molecule has 4 nitrogen and oxygen atoms in total. The molecule has 2 N–H and O–H groups in total. The Balaban J connectivity index is 2.34. The van der Waals surface area contributed by atoms with Crippen molar-refractivity contribution in [3.8, 4) is 0 Å². The molecule has 1 rings (SSSR count). The molecule has 0 bridgehead atoms. The number of carbonyl (C=O) groups excluding carboxylic acids is 1. The molecule has 1 atom stereocenters. The van der Waals surface area contributed by atoms with E-state index in [1.807, 2.05) is 13.8 Å². The maximum Gasteiger partial charge on any atom is 0.409 e. The van der Waals surface area contributed by atoms with Crippen LogP contribution in [0.1, 0.15) is 52.9 Å². The van der Waals surface area contributed by atoms with E-state index < -0.39 is 11.9 Å². The summed E-state index contributed by atoms with van der Waals surface area (Å²) in [5, 5.41) is 12.6. The third kappa shape index (κ3) is 4.84. The van der Waals surface area contributed by atoms with Crippen LogP contribution in [0.5, 0.6) is 0 Å². The molecular formula is C12H23NO3. The van der Waals surface area contributed by atoms with E-state index in [0.717, 1.165) is 12.8 Å². The summed E-state index contributed by atoms with van der Waals surface area (Å²) in [6.07, 6.45) is 4.70. The fourth-order valence-corrected chi connectivity index (χ4v) is 2.26. The highest BCUT2D eigenvalue weighted by molar-refractivity contribution is 5.67. The average Bonchev–Trinajstić information content (AvgIpc) is 2.51. The summed E-state index contributed by atoms with van der Waals surface area (Å²) < 4.78 is 5.02. The van der Waals surface area contributed by atoms with Gasteiger partial charge in [-0.1, -0.05) is 25.7 Å². The van der Waals surface area contributed by atoms with Gasteiger partial charge in [0.1, 0.15) is 0 Å². The van der Waals surface area contributed by atoms with Gasteiger partial charge in [-0.3, -0.25) is 0 Å². The summed E-state index contributed by atoms with van der Waals surface area (Å²) in [6.45, 7) is 5.27. The minimum absolute atomic E-state index is 0.0229. The minimum atomic E-state index is -1.34. The Bertz CT molecular complexity index is 232. The summed E-state index contributed by atoms with van der Waals surface area (Å²) in [5.74, 6) is -0.851. The first-order chi connectivity index (χ1) is 7.39. The van der Waals surface area contributed by atoms with Gasteiger partial charge in [-0.2, -0.15) is 0 Å². The maximum absolute atomic E-state index is 11.3. The van der Waals surface area contributed by atoms with Crippen molar-refractivity contribution in [2.24, 2.45) is 5.92 Å². The Labute approximate surface area is 97.4 Å². The zero-order valence-corrected chi connectivity index (χ0v) is 10.5. The van der Waals surface area contributed by atoms with Crippen molar-refractivity contribution in [3.05, 3.63) is 0 Å². The van der Waals surface area contributed by atoms with E-state index in [0.29, 0.717) is 12.3 Å². The number of rotatable bonds is 4. The second-order valence-electron chi connectivity index (χ2n) is 5.22. The highest BCUT2D eigenvalue weighted by atomic mass is 16.7. The van der Waals surface area contributed by atoms with Crippen LogP contribution in [0, 0.1) is 5.92 Å². The lowest BCUT2D eigenvalue weighted by Gasteiger charge is -2.26. The van der Waals surface area contributed by atoms with E-state index in [9.17, 15) is 9.90 Å². The minimum Gasteiger partial charge on any atom is -0.417 e. The quantitative estimate of drug-likeness (QED) is 0.728. The van der Waals surface area contributed by atoms with Gasteiger partial charge in [0.2, 0.25) is 5.79 Å². The summed E-state index contributed by atoms with van der Waals surface area (Å²) in [5.41, 5.74) is 0. The molecule has 0 saturated heterocycles. The second-order valence-corrected chi connectivity index (χ2v) is 5.22. The smallest absolute Gasteiger partial charge is 0.409 e. The molecule has 0 radical (unpaired) electrons. The molecule has 0 aromatic heterocycles. The summed E-state index contributed by atoms with van der Waals surface area (Å²) >= 11 is 0. The lowest BCUT2D eigenvalue weighted by molar-refractivity contribution is -0.159. The molecule has 0 heterocycles. The van der Waals surface area contributed by atoms with Crippen LogP contribution in [-0.4, -0.2) is 23.0 Å². The number of hydrogen-bond donors (Lipinski definition) is 2. The van der Waals surface area contributed by atoms with Crippen LogP contribution < -0.4 is 5.32 Å². The lowest BCUT2D eigenvalue weighted by Crippen LogP contribution is -2.40. The Hall–Kier alpha value is -0.770. The Morgan fingerprint density at radius 1 is 1.50 bits per heavy atom. The number of nitrogens with one attached hydrogen (secondary N) is 1. The third-order valence-electron chi connectivity index (χ3n) is 2.86. The van der Waals surface area contributed by atoms with E-state index >= 15 is 0 Å². The molecule has 1 aliphatic carbocycles. The summed E-state index contributed by atoms with van der Waals surface area (Å²) in [6, 6.07) is 0.0229. The number of amides is 1. The van der Waals surface area contributed by atoms with Gasteiger partial charge in [-0.25, -0.2) is 4.79 Å². The van der Waals surface area contributed by atoms with Crippen LogP contribution in [0.4, 0.5) is 4.79 Å². The van der Waals surface area contributed by atoms with Gasteiger partial charge in [-0.15, -0.1) is 0 Å². The number of carbonyl (C=O) groups is 1. The number of alkyl carbamates (subject to hydrolysis) is 1. The Morgan fingerprint density at radius 3 is 2.56 bits per heavy atom. The number of hydrogen-bond acceptors (Lipinski definition) is 3. The fourth-order valence-electron chi connectivity index (χ4n) is 2.26. The fraction of sp³-hybridized carbons (Fsp3) is 0.917. The van der Waals surface area contributed by atoms with Crippen LogP contribution in [0.2, 0.25) is 0 Å². The van der Waals surface area contributed by atoms with Gasteiger partial charge in [0.15, 0.2) is 0 Å². The second kappa shape index (κ2) is 5.53. The first-order valence-corrected chi connectivity index (χ1v) is 6.11. The molecule has 4 heteroatoms. The van der Waals surface area contributed by atoms with Gasteiger partial charge < -0.3 is 15.2 Å². The van der Waals surface area contributed by atoms with Crippen LogP contribution in [-0.2, 0) is 4.74 Å². The largest absolute Gasteiger partial charge is 0.417 e. The van der Waals surface area contributed by atoms with Crippen LogP contribution in [0.3, 0.4) is 0 Å². The van der Waals surface area contributed by atoms with Crippen LogP contribution in [0.25, 0.3) is 0 Å². The molecule has 0 aliphatic heterocycles. The van der Waals surface area contributed by atoms with E-state index in [4.69, 9.17) is 4.74 Å². The van der Waals surface area contributed by atoms with Gasteiger partial charge in [0.05, 0.1) is 0 Å². The zero-order valence-electron chi connectivity index (χ0n) is 10.5. The highest BCUT2D eigenvalue weighted by Crippen LogP contribution is 2.32. The first-order valence-electron chi connectivity index (χ1n) is 6.11. The Morgan fingerprint density at radius 2 is 2.06 bits per heavy atom. The highest BCUT2D eigenvalue weighted by Gasteiger charge is 2.30. The molecule has 0 spiro atoms. The molecule has 1 fully saturated rings. The molecule has 0 aromatic carbocycles. The summed E-state index contributed by atoms with van der Waals surface area (Å²) in [4.78, 5) is 11.3. The van der Waals surface area contributed by atoms with E-state index in [1.165, 1.54) is 12.8 Å². The molecule has 94 valence electrons. The normalized spacial score (nSPS) is 20.8. The predicted octanol–water partition coefficient (Wildman–Crippen LogP) is 2.41. The van der Waals surface area contributed by atoms with Crippen molar-refractivity contribution in [2.45, 2.75) is 64.7 Å². The van der Waals surface area contributed by atoms with Crippen LogP contribution in [0.15, 0.2) is 0 Å². The first kappa shape index (κ1) is 13.3. The lowest BCUT2D eigenvalue weighted by atomic mass is 9.99. The molecule has 1 unspecified atom stereocenters. The zero-order chi connectivity index (χ0) is 12.2. The molecule has 1 amide bonds. The van der Waals surface area contributed by atoms with Crippen molar-refractivity contribution in [3.63, 3.8) is 0 Å². The van der Waals surface area contributed by atoms with Gasteiger partial charge in [0.25, 0.3) is 0 Å². The van der Waals surface area contributed by atoms with E-state index in [1.54, 1.807) is 6.92 Å². The molecular weight excluding hydrogens is 206 g/mol. The topological polar surface area (TPSA) is 58.6 Å². The monoisotopic (exact) mass is 229 g/mol. The molecule has 1 aliphatic rings. The van der Waals surface area contributed by atoms with Crippen molar-refractivity contribution < 1.29 is 14.6 Å². The third-order valence-corrected chi connectivity index (χ3v) is 2.86. The standard InChI is InChI=1S/C12H23NO3/c1-9(2)13-11(14)16-12(3,15)8-10-6-4-5-7-10/h9-10,15H,4-8H2,1-3H3,(H,13,14). The van der Waals surface area contributed by atoms with Crippen molar-refractivity contribution >= 4 is 6.09 Å². The van der Waals surface area contributed by atoms with E-state index in [2.05, 4.69) is 5.32 Å². The number of aliphatic hydroxyl groups is 1. The van der Waals surface area contributed by atoms with Crippen molar-refractivity contribution in [2.75, 3.05) is 0 Å². The SMILES string of the molecule is CC(C)NC(=O)OC(C)(O)CC1CCCC1. The molecule has 0 aromatic rings. The molecule has 16 heavy (non-hydrogen) atoms.